The molecule has 0 saturated heterocycles. The number of benzene rings is 1. The van der Waals surface area contributed by atoms with Crippen molar-refractivity contribution in [2.24, 2.45) is 0 Å². The van der Waals surface area contributed by atoms with Crippen LogP contribution in [0.15, 0.2) is 18.2 Å². The minimum Gasteiger partial charge on any atom is -0.481 e. The summed E-state index contributed by atoms with van der Waals surface area (Å²) in [5, 5.41) is 4.06. The molecular formula is C14H14F6N2O3. The maximum absolute atomic E-state index is 12.7. The molecule has 0 saturated carbocycles. The lowest BCUT2D eigenvalue weighted by molar-refractivity contribution is -0.143. The van der Waals surface area contributed by atoms with Gasteiger partial charge in [-0.15, -0.1) is 0 Å². The van der Waals surface area contributed by atoms with E-state index in [1.807, 2.05) is 5.32 Å². The molecule has 11 heteroatoms. The van der Waals surface area contributed by atoms with Crippen LogP contribution in [0.3, 0.4) is 0 Å². The number of urea groups is 1. The third kappa shape index (κ3) is 6.16. The number of amides is 3. The fourth-order valence-corrected chi connectivity index (χ4v) is 1.67. The Bertz CT molecular complexity index is 610. The molecule has 0 aliphatic heterocycles. The number of alkyl halides is 6. The van der Waals surface area contributed by atoms with Gasteiger partial charge < -0.3 is 10.1 Å². The second kappa shape index (κ2) is 7.62. The highest BCUT2D eigenvalue weighted by atomic mass is 19.4. The van der Waals surface area contributed by atoms with Gasteiger partial charge >= 0.3 is 18.4 Å². The Balaban J connectivity index is 3.04. The van der Waals surface area contributed by atoms with Crippen LogP contribution in [0.1, 0.15) is 25.0 Å². The Morgan fingerprint density at radius 2 is 1.52 bits per heavy atom. The molecule has 2 N–H and O–H groups in total. The van der Waals surface area contributed by atoms with Crippen LogP contribution in [0.5, 0.6) is 5.75 Å². The van der Waals surface area contributed by atoms with Crippen molar-refractivity contribution in [1.82, 2.24) is 10.6 Å². The number of hydrogen-bond acceptors (Lipinski definition) is 3. The van der Waals surface area contributed by atoms with Gasteiger partial charge in [-0.3, -0.25) is 10.1 Å². The molecule has 5 nitrogen and oxygen atoms in total. The van der Waals surface area contributed by atoms with Crippen LogP contribution in [0.2, 0.25) is 0 Å². The summed E-state index contributed by atoms with van der Waals surface area (Å²) in [5.74, 6) is -1.84. The Hall–Kier alpha value is -2.46. The minimum atomic E-state index is -5.04. The minimum absolute atomic E-state index is 0.0632. The van der Waals surface area contributed by atoms with E-state index in [1.54, 1.807) is 6.92 Å². The van der Waals surface area contributed by atoms with Crippen molar-refractivity contribution in [1.29, 1.82) is 0 Å². The van der Waals surface area contributed by atoms with Crippen LogP contribution in [-0.2, 0) is 17.1 Å². The number of ether oxygens (including phenoxy) is 1. The van der Waals surface area contributed by atoms with Gasteiger partial charge in [-0.1, -0.05) is 0 Å². The normalized spacial score (nSPS) is 13.1. The fourth-order valence-electron chi connectivity index (χ4n) is 1.67. The van der Waals surface area contributed by atoms with Gasteiger partial charge in [0.15, 0.2) is 6.10 Å². The van der Waals surface area contributed by atoms with Gasteiger partial charge in [-0.25, -0.2) is 4.79 Å². The Morgan fingerprint density at radius 3 is 1.92 bits per heavy atom. The van der Waals surface area contributed by atoms with Crippen molar-refractivity contribution >= 4 is 11.9 Å². The summed E-state index contributed by atoms with van der Waals surface area (Å²) in [6, 6.07) is -0.259. The SMILES string of the molecule is CCNC(=O)NC(=O)C(C)Oc1cc(C(F)(F)F)cc(C(F)(F)F)c1. The Morgan fingerprint density at radius 1 is 1.04 bits per heavy atom. The van der Waals surface area contributed by atoms with Crippen LogP contribution in [0, 0.1) is 0 Å². The predicted molar refractivity (Wildman–Crippen MR) is 73.8 cm³/mol. The lowest BCUT2D eigenvalue weighted by Crippen LogP contribution is -2.45. The van der Waals surface area contributed by atoms with Crippen molar-refractivity contribution < 1.29 is 40.7 Å². The molecule has 0 spiro atoms. The van der Waals surface area contributed by atoms with E-state index in [2.05, 4.69) is 5.32 Å². The Kier molecular flexibility index (Phi) is 6.27. The van der Waals surface area contributed by atoms with E-state index in [9.17, 15) is 35.9 Å². The number of carbonyl (C=O) groups is 2. The zero-order valence-corrected chi connectivity index (χ0v) is 13.0. The lowest BCUT2D eigenvalue weighted by Gasteiger charge is -2.18. The first kappa shape index (κ1) is 20.6. The lowest BCUT2D eigenvalue weighted by atomic mass is 10.1. The van der Waals surface area contributed by atoms with E-state index in [-0.39, 0.29) is 12.6 Å². The monoisotopic (exact) mass is 372 g/mol. The van der Waals surface area contributed by atoms with Gasteiger partial charge in [0.1, 0.15) is 5.75 Å². The van der Waals surface area contributed by atoms with Crippen molar-refractivity contribution in [3.63, 3.8) is 0 Å². The quantitative estimate of drug-likeness (QED) is 0.797. The standard InChI is InChI=1S/C14H14F6N2O3/c1-3-21-12(24)22-11(23)7(2)25-10-5-8(13(15,16)17)4-9(6-10)14(18,19)20/h4-7H,3H2,1-2H3,(H2,21,22,23,24). The highest BCUT2D eigenvalue weighted by Crippen LogP contribution is 2.38. The molecule has 1 atom stereocenters. The molecule has 1 aromatic rings. The average molecular weight is 372 g/mol. The number of hydrogen-bond donors (Lipinski definition) is 2. The molecule has 0 aliphatic carbocycles. The summed E-state index contributed by atoms with van der Waals surface area (Å²) in [4.78, 5) is 22.8. The summed E-state index contributed by atoms with van der Waals surface area (Å²) in [7, 11) is 0. The number of imide groups is 1. The predicted octanol–water partition coefficient (Wildman–Crippen LogP) is 3.34. The zero-order valence-electron chi connectivity index (χ0n) is 13.0. The summed E-state index contributed by atoms with van der Waals surface area (Å²) in [6.45, 7) is 2.85. The van der Waals surface area contributed by atoms with Gasteiger partial charge in [0.2, 0.25) is 0 Å². The highest BCUT2D eigenvalue weighted by molar-refractivity contribution is 5.96. The summed E-state index contributed by atoms with van der Waals surface area (Å²) < 4.78 is 81.2. The van der Waals surface area contributed by atoms with Gasteiger partial charge in [0, 0.05) is 6.54 Å². The molecule has 3 amide bonds. The van der Waals surface area contributed by atoms with E-state index in [0.29, 0.717) is 12.1 Å². The molecular weight excluding hydrogens is 358 g/mol. The third-order valence-corrected chi connectivity index (χ3v) is 2.82. The molecule has 0 fully saturated rings. The van der Waals surface area contributed by atoms with E-state index >= 15 is 0 Å². The zero-order chi connectivity index (χ0) is 19.4. The number of halogens is 6. The topological polar surface area (TPSA) is 67.4 Å². The molecule has 140 valence electrons. The maximum atomic E-state index is 12.7. The van der Waals surface area contributed by atoms with Gasteiger partial charge in [0.25, 0.3) is 5.91 Å². The molecule has 1 aromatic carbocycles. The van der Waals surface area contributed by atoms with Crippen LogP contribution < -0.4 is 15.4 Å². The summed E-state index contributed by atoms with van der Waals surface area (Å²) >= 11 is 0. The summed E-state index contributed by atoms with van der Waals surface area (Å²) in [5.41, 5.74) is -3.15. The van der Waals surface area contributed by atoms with E-state index in [0.717, 1.165) is 6.92 Å². The molecule has 0 radical (unpaired) electrons. The maximum Gasteiger partial charge on any atom is 0.416 e. The first-order valence-electron chi connectivity index (χ1n) is 6.89. The number of nitrogens with one attached hydrogen (secondary N) is 2. The van der Waals surface area contributed by atoms with Crippen LogP contribution in [0.4, 0.5) is 31.1 Å². The van der Waals surface area contributed by atoms with Crippen LogP contribution in [-0.4, -0.2) is 24.6 Å². The fraction of sp³-hybridized carbons (Fsp3) is 0.429. The summed E-state index contributed by atoms with van der Waals surface area (Å²) in [6.07, 6.45) is -11.6. The second-order valence-corrected chi connectivity index (χ2v) is 4.85. The van der Waals surface area contributed by atoms with E-state index in [1.165, 1.54) is 0 Å². The average Bonchev–Trinajstić information content (AvgIpc) is 2.45. The second-order valence-electron chi connectivity index (χ2n) is 4.85. The van der Waals surface area contributed by atoms with Gasteiger partial charge in [-0.2, -0.15) is 26.3 Å². The molecule has 0 aromatic heterocycles. The first-order valence-corrected chi connectivity index (χ1v) is 6.89. The largest absolute Gasteiger partial charge is 0.481 e. The van der Waals surface area contributed by atoms with Gasteiger partial charge in [-0.05, 0) is 32.0 Å². The van der Waals surface area contributed by atoms with Crippen LogP contribution >= 0.6 is 0 Å². The molecule has 0 aliphatic rings. The Labute approximate surface area is 138 Å². The number of rotatable bonds is 4. The molecule has 0 bridgehead atoms. The highest BCUT2D eigenvalue weighted by Gasteiger charge is 2.37. The smallest absolute Gasteiger partial charge is 0.416 e. The molecule has 1 unspecified atom stereocenters. The molecule has 0 heterocycles. The van der Waals surface area contributed by atoms with E-state index < -0.39 is 47.3 Å². The van der Waals surface area contributed by atoms with Crippen molar-refractivity contribution in [2.75, 3.05) is 6.54 Å². The van der Waals surface area contributed by atoms with Crippen molar-refractivity contribution in [2.45, 2.75) is 32.3 Å². The van der Waals surface area contributed by atoms with Crippen molar-refractivity contribution in [3.05, 3.63) is 29.3 Å². The molecule has 1 rings (SSSR count). The van der Waals surface area contributed by atoms with E-state index in [4.69, 9.17) is 4.74 Å². The number of carbonyl (C=O) groups excluding carboxylic acids is 2. The van der Waals surface area contributed by atoms with Crippen molar-refractivity contribution in [3.8, 4) is 5.75 Å². The first-order chi connectivity index (χ1) is 11.3. The van der Waals surface area contributed by atoms with Gasteiger partial charge in [0.05, 0.1) is 11.1 Å². The molecule has 25 heavy (non-hydrogen) atoms. The third-order valence-electron chi connectivity index (χ3n) is 2.82. The van der Waals surface area contributed by atoms with Crippen LogP contribution in [0.25, 0.3) is 0 Å².